The van der Waals surface area contributed by atoms with Crippen LogP contribution in [0.25, 0.3) is 32.3 Å². The number of carbonyl (C=O) groups is 5. The molecule has 0 spiro atoms. The van der Waals surface area contributed by atoms with E-state index in [1.54, 1.807) is 78.9 Å². The number of hydrogen-bond donors (Lipinski definition) is 6. The van der Waals surface area contributed by atoms with Crippen molar-refractivity contribution in [3.05, 3.63) is 180 Å². The maximum atomic E-state index is 12.1. The Labute approximate surface area is 489 Å². The van der Waals surface area contributed by atoms with Crippen LogP contribution < -0.4 is 54.2 Å². The monoisotopic (exact) mass is 1120 g/mol. The van der Waals surface area contributed by atoms with Crippen molar-refractivity contribution in [1.82, 2.24) is 20.3 Å². The van der Waals surface area contributed by atoms with E-state index in [1.165, 1.54) is 21.1 Å². The Morgan fingerprint density at radius 2 is 0.877 bits per heavy atom. The van der Waals surface area contributed by atoms with E-state index >= 15 is 0 Å². The molecule has 0 fully saturated rings. The number of carboxylic acid groups (broad SMARTS) is 1. The van der Waals surface area contributed by atoms with Crippen LogP contribution in [0.15, 0.2) is 146 Å². The summed E-state index contributed by atoms with van der Waals surface area (Å²) in [6.07, 6.45) is 0. The van der Waals surface area contributed by atoms with Gasteiger partial charge < -0.3 is 64.4 Å². The number of pyridine rings is 3. The van der Waals surface area contributed by atoms with Crippen LogP contribution in [0, 0.1) is 13.8 Å². The fourth-order valence-electron chi connectivity index (χ4n) is 7.25. The number of benzene rings is 6. The molecule has 22 heteroatoms. The number of esters is 3. The number of aliphatic hydroxyl groups excluding tert-OH is 1. The number of aryl methyl sites for hydroxylation is 2. The number of carboxylic acids is 1. The van der Waals surface area contributed by atoms with Crippen LogP contribution in [-0.2, 0) is 30.4 Å². The number of amides is 1. The largest absolute Gasteiger partial charge is 1.00 e. The van der Waals surface area contributed by atoms with Crippen LogP contribution in [0.5, 0.6) is 51.7 Å². The van der Waals surface area contributed by atoms with Gasteiger partial charge in [0.15, 0.2) is 34.3 Å². The summed E-state index contributed by atoms with van der Waals surface area (Å²) in [6, 6.07) is 42.3. The zero-order valence-corrected chi connectivity index (χ0v) is 46.7. The summed E-state index contributed by atoms with van der Waals surface area (Å²) in [6.45, 7) is 0.136. The number of para-hydroxylation sites is 3. The van der Waals surface area contributed by atoms with Crippen molar-refractivity contribution in [3.63, 3.8) is 0 Å². The first-order valence-electron chi connectivity index (χ1n) is 24.9. The second-order valence-electron chi connectivity index (χ2n) is 16.0. The molecular formula is C59H55N4NaO17. The number of aromatic nitrogens is 3. The summed E-state index contributed by atoms with van der Waals surface area (Å²) in [4.78, 5) is 69.8. The maximum Gasteiger partial charge on any atom is 1.00 e. The molecule has 0 unspecified atom stereocenters. The molecule has 0 bridgehead atoms. The third kappa shape index (κ3) is 17.1. The Kier molecular flexibility index (Phi) is 23.5. The van der Waals surface area contributed by atoms with Gasteiger partial charge in [-0.1, -0.05) is 54.6 Å². The SMILES string of the molecule is CO.COC(=O)c1nc(COC(C)=O)c2cc(Oc3ccccc3)ccc2c1O.C[O-].[2H]Cc1nc(C(=O)NCC(=O)O)c(O)c2ccc(Oc3ccccc3)cc12.[2H]Cc1nc(C(=O)OC)c(O)c2ccc(Oc3ccccc3)cc12.[Na+]. The minimum absolute atomic E-state index is 0. The van der Waals surface area contributed by atoms with Crippen molar-refractivity contribution >= 4 is 62.1 Å². The van der Waals surface area contributed by atoms with Crippen molar-refractivity contribution in [1.29, 1.82) is 0 Å². The average Bonchev–Trinajstić information content (AvgIpc) is 3.71. The van der Waals surface area contributed by atoms with Gasteiger partial charge in [-0.2, -0.15) is 7.11 Å². The molecule has 0 aliphatic heterocycles. The fraction of sp³-hybridized carbons (Fsp3) is 0.153. The Bertz CT molecular complexity index is 3680. The van der Waals surface area contributed by atoms with Crippen LogP contribution in [0.3, 0.4) is 0 Å². The van der Waals surface area contributed by atoms with Gasteiger partial charge in [0.25, 0.3) is 5.91 Å². The van der Waals surface area contributed by atoms with E-state index in [1.807, 2.05) is 66.7 Å². The number of methoxy groups -OCH3 is 2. The smallest absolute Gasteiger partial charge is 0.857 e. The van der Waals surface area contributed by atoms with E-state index in [9.17, 15) is 39.3 Å². The molecule has 0 radical (unpaired) electrons. The van der Waals surface area contributed by atoms with Gasteiger partial charge in [-0.3, -0.25) is 14.4 Å². The van der Waals surface area contributed by atoms with E-state index in [4.69, 9.17) is 37.0 Å². The molecule has 21 nitrogen and oxygen atoms in total. The molecule has 3 heterocycles. The predicted molar refractivity (Wildman–Crippen MR) is 291 cm³/mol. The molecule has 9 rings (SSSR count). The van der Waals surface area contributed by atoms with Crippen molar-refractivity contribution < 1.29 is 115 Å². The number of aliphatic carboxylic acids is 1. The number of nitrogens with zero attached hydrogens (tertiary/aromatic N) is 3. The summed E-state index contributed by atoms with van der Waals surface area (Å²) in [7, 11) is 4.15. The third-order valence-corrected chi connectivity index (χ3v) is 10.8. The summed E-state index contributed by atoms with van der Waals surface area (Å²) < 4.78 is 46.9. The molecule has 3 aromatic heterocycles. The van der Waals surface area contributed by atoms with E-state index < -0.39 is 36.3 Å². The van der Waals surface area contributed by atoms with Crippen LogP contribution in [0.4, 0.5) is 0 Å². The number of rotatable bonds is 13. The number of ether oxygens (including phenoxy) is 6. The van der Waals surface area contributed by atoms with Gasteiger partial charge in [0.1, 0.15) is 47.6 Å². The molecule has 9 aromatic rings. The average molecular weight is 1120 g/mol. The number of aliphatic hydroxyl groups is 1. The van der Waals surface area contributed by atoms with Crippen molar-refractivity contribution in [2.45, 2.75) is 27.3 Å². The van der Waals surface area contributed by atoms with Gasteiger partial charge in [0.2, 0.25) is 0 Å². The minimum atomic E-state index is -1.22. The van der Waals surface area contributed by atoms with Crippen LogP contribution in [-0.4, -0.2) is 105 Å². The zero-order chi connectivity index (χ0) is 59.9. The first-order chi connectivity index (χ1) is 39.6. The quantitative estimate of drug-likeness (QED) is 0.0448. The number of hydrogen-bond acceptors (Lipinski definition) is 19. The molecule has 0 atom stereocenters. The van der Waals surface area contributed by atoms with E-state index in [0.717, 1.165) is 14.2 Å². The molecule has 1 amide bonds. The Hall–Kier alpha value is -9.38. The maximum absolute atomic E-state index is 12.1. The molecule has 0 aliphatic carbocycles. The molecular weight excluding hydrogens is 1060 g/mol. The van der Waals surface area contributed by atoms with Crippen molar-refractivity contribution in [2.24, 2.45) is 0 Å². The number of aromatic hydroxyl groups is 3. The molecule has 0 saturated heterocycles. The molecule has 81 heavy (non-hydrogen) atoms. The Balaban J connectivity index is 0.000000258. The van der Waals surface area contributed by atoms with Gasteiger partial charge in [-0.25, -0.2) is 24.5 Å². The second kappa shape index (κ2) is 31.3. The molecule has 414 valence electrons. The van der Waals surface area contributed by atoms with Gasteiger partial charge in [-0.15, -0.1) is 0 Å². The van der Waals surface area contributed by atoms with Crippen LogP contribution in [0.2, 0.25) is 0 Å². The van der Waals surface area contributed by atoms with Gasteiger partial charge in [0, 0.05) is 60.5 Å². The number of nitrogens with one attached hydrogen (secondary N) is 1. The number of fused-ring (bicyclic) bond motifs is 3. The summed E-state index contributed by atoms with van der Waals surface area (Å²) in [5, 5.41) is 59.8. The van der Waals surface area contributed by atoms with Gasteiger partial charge in [-0.05, 0) is 105 Å². The summed E-state index contributed by atoms with van der Waals surface area (Å²) >= 11 is 0. The normalized spacial score (nSPS) is 10.3. The Morgan fingerprint density at radius 1 is 0.519 bits per heavy atom. The minimum Gasteiger partial charge on any atom is -0.857 e. The molecule has 6 N–H and O–H groups in total. The third-order valence-electron chi connectivity index (χ3n) is 10.8. The van der Waals surface area contributed by atoms with E-state index in [2.05, 4.69) is 29.7 Å². The summed E-state index contributed by atoms with van der Waals surface area (Å²) in [5.41, 5.74) is 0.177. The Morgan fingerprint density at radius 3 is 1.25 bits per heavy atom. The van der Waals surface area contributed by atoms with Gasteiger partial charge in [0.05, 0.1) is 19.9 Å². The van der Waals surface area contributed by atoms with Crippen molar-refractivity contribution in [2.75, 3.05) is 35.0 Å². The zero-order valence-electron chi connectivity index (χ0n) is 46.7. The van der Waals surface area contributed by atoms with E-state index in [-0.39, 0.29) is 90.0 Å². The second-order valence-corrected chi connectivity index (χ2v) is 16.0. The number of carbonyl (C=O) groups excluding carboxylic acids is 4. The topological polar surface area (TPSA) is 316 Å². The molecule has 6 aromatic carbocycles. The molecule has 0 saturated carbocycles. The molecule has 0 aliphatic rings. The predicted octanol–water partition coefficient (Wildman–Crippen LogP) is 5.85. The summed E-state index contributed by atoms with van der Waals surface area (Å²) in [5.74, 6) is -1.52. The first-order valence-corrected chi connectivity index (χ1v) is 23.5. The van der Waals surface area contributed by atoms with Crippen LogP contribution in [0.1, 0.15) is 58.2 Å². The fourth-order valence-corrected chi connectivity index (χ4v) is 7.25. The first kappa shape index (κ1) is 60.8. The van der Waals surface area contributed by atoms with Crippen LogP contribution >= 0.6 is 0 Å². The van der Waals surface area contributed by atoms with Gasteiger partial charge >= 0.3 is 53.4 Å². The van der Waals surface area contributed by atoms with Crippen molar-refractivity contribution in [3.8, 4) is 51.7 Å². The standard InChI is InChI=1S/C20H17NO6.C19H16N2O5.C18H15NO4.CH4O.CH3O.Na/c1-12(22)26-11-17-16-10-14(27-13-6-4-3-5-7-13)8-9-15(16)19(23)18(21-17)20(24)25-2;1-11-15-9-13(26-12-5-3-2-4-6-12)7-8-14(15)18(24)17(21-11)19(25)20-10-16(22)23;1-11-15-10-13(23-12-6-4-3-5-7-12)8-9-14(15)17(20)16(19-11)18(21)22-2;2*1-2;/h3-10,23H,11H2,1-2H3;2-9,24H,10H2,1H3,(H,20,25)(H,22,23);3-10,20H,1-2H3;2H,1H3;1H3;/q;;;;-1;+1/i;2*1D;;;. The van der Waals surface area contributed by atoms with E-state index in [0.29, 0.717) is 78.2 Å².